The van der Waals surface area contributed by atoms with E-state index in [1.807, 2.05) is 0 Å². The Balaban J connectivity index is 2.71. The first-order valence-corrected chi connectivity index (χ1v) is 4.02. The van der Waals surface area contributed by atoms with E-state index in [-0.39, 0.29) is 5.75 Å². The number of benzene rings is 1. The molecule has 2 rings (SSSR count). The second-order valence-electron chi connectivity index (χ2n) is 2.99. The Bertz CT molecular complexity index is 431. The smallest absolute Gasteiger partial charge is 0.134 e. The number of aromatic hydroxyl groups is 1. The summed E-state index contributed by atoms with van der Waals surface area (Å²) in [6, 6.07) is 4.64. The maximum absolute atomic E-state index is 13.0. The standard InChI is InChI=1S/C10H9FO2/c1-6(11)9-5-13-10-3-2-7(12)4-8(9)10/h2-6,12H,1H3. The Hall–Kier alpha value is -1.51. The summed E-state index contributed by atoms with van der Waals surface area (Å²) < 4.78 is 18.1. The molecule has 0 spiro atoms. The SMILES string of the molecule is CC(F)c1coc2ccc(O)cc12. The molecule has 1 N–H and O–H groups in total. The van der Waals surface area contributed by atoms with Gasteiger partial charge in [0.05, 0.1) is 6.26 Å². The number of hydrogen-bond donors (Lipinski definition) is 1. The van der Waals surface area contributed by atoms with Crippen LogP contribution in [0.15, 0.2) is 28.9 Å². The minimum atomic E-state index is -1.08. The van der Waals surface area contributed by atoms with Gasteiger partial charge in [-0.1, -0.05) is 0 Å². The van der Waals surface area contributed by atoms with Crippen LogP contribution in [0.25, 0.3) is 11.0 Å². The Kier molecular flexibility index (Phi) is 1.72. The summed E-state index contributed by atoms with van der Waals surface area (Å²) in [5.74, 6) is 0.121. The summed E-state index contributed by atoms with van der Waals surface area (Å²) in [5, 5.41) is 9.82. The monoisotopic (exact) mass is 180 g/mol. The molecule has 1 heterocycles. The highest BCUT2D eigenvalue weighted by atomic mass is 19.1. The third-order valence-corrected chi connectivity index (χ3v) is 2.02. The molecule has 1 unspecified atom stereocenters. The summed E-state index contributed by atoms with van der Waals surface area (Å²) in [5.41, 5.74) is 1.07. The maximum atomic E-state index is 13.0. The number of phenols is 1. The van der Waals surface area contributed by atoms with Crippen LogP contribution in [0, 0.1) is 0 Å². The van der Waals surface area contributed by atoms with Crippen LogP contribution < -0.4 is 0 Å². The van der Waals surface area contributed by atoms with E-state index < -0.39 is 6.17 Å². The van der Waals surface area contributed by atoms with Gasteiger partial charge in [0, 0.05) is 10.9 Å². The topological polar surface area (TPSA) is 33.4 Å². The van der Waals surface area contributed by atoms with Crippen LogP contribution >= 0.6 is 0 Å². The number of hydrogen-bond acceptors (Lipinski definition) is 2. The normalized spacial score (nSPS) is 13.4. The predicted octanol–water partition coefficient (Wildman–Crippen LogP) is 3.17. The highest BCUT2D eigenvalue weighted by Crippen LogP contribution is 2.30. The molecule has 1 atom stereocenters. The Morgan fingerprint density at radius 2 is 2.23 bits per heavy atom. The quantitative estimate of drug-likeness (QED) is 0.731. The van der Waals surface area contributed by atoms with Gasteiger partial charge in [-0.3, -0.25) is 0 Å². The van der Waals surface area contributed by atoms with Crippen LogP contribution in [-0.4, -0.2) is 5.11 Å². The van der Waals surface area contributed by atoms with E-state index in [0.29, 0.717) is 16.5 Å². The van der Waals surface area contributed by atoms with Gasteiger partial charge < -0.3 is 9.52 Å². The van der Waals surface area contributed by atoms with Crippen molar-refractivity contribution in [3.8, 4) is 5.75 Å². The lowest BCUT2D eigenvalue weighted by Gasteiger charge is -1.97. The second kappa shape index (κ2) is 2.76. The molecular weight excluding hydrogens is 171 g/mol. The summed E-state index contributed by atoms with van der Waals surface area (Å²) >= 11 is 0. The molecule has 1 aromatic carbocycles. The molecule has 0 aliphatic carbocycles. The zero-order valence-electron chi connectivity index (χ0n) is 7.12. The zero-order chi connectivity index (χ0) is 9.42. The van der Waals surface area contributed by atoms with Crippen molar-refractivity contribution < 1.29 is 13.9 Å². The summed E-state index contributed by atoms with van der Waals surface area (Å²) in [4.78, 5) is 0. The lowest BCUT2D eigenvalue weighted by molar-refractivity contribution is 0.373. The molecule has 0 radical (unpaired) electrons. The van der Waals surface area contributed by atoms with Gasteiger partial charge in [0.1, 0.15) is 17.5 Å². The molecule has 2 aromatic rings. The lowest BCUT2D eigenvalue weighted by atomic mass is 10.1. The number of furan rings is 1. The van der Waals surface area contributed by atoms with Gasteiger partial charge in [-0.15, -0.1) is 0 Å². The molecule has 0 saturated carbocycles. The van der Waals surface area contributed by atoms with E-state index >= 15 is 0 Å². The van der Waals surface area contributed by atoms with Gasteiger partial charge in [0.25, 0.3) is 0 Å². The van der Waals surface area contributed by atoms with E-state index in [1.54, 1.807) is 6.07 Å². The van der Waals surface area contributed by atoms with E-state index in [0.717, 1.165) is 0 Å². The molecule has 13 heavy (non-hydrogen) atoms. The Morgan fingerprint density at radius 1 is 1.46 bits per heavy atom. The van der Waals surface area contributed by atoms with Crippen molar-refractivity contribution in [2.24, 2.45) is 0 Å². The van der Waals surface area contributed by atoms with Crippen LogP contribution in [0.3, 0.4) is 0 Å². The first-order valence-electron chi connectivity index (χ1n) is 4.02. The first-order chi connectivity index (χ1) is 6.18. The molecule has 0 aliphatic heterocycles. The van der Waals surface area contributed by atoms with Gasteiger partial charge in [0.15, 0.2) is 0 Å². The minimum absolute atomic E-state index is 0.121. The number of halogens is 1. The van der Waals surface area contributed by atoms with E-state index in [4.69, 9.17) is 4.42 Å². The van der Waals surface area contributed by atoms with Crippen LogP contribution in [0.2, 0.25) is 0 Å². The molecule has 1 aromatic heterocycles. The van der Waals surface area contributed by atoms with Crippen molar-refractivity contribution in [1.82, 2.24) is 0 Å². The Labute approximate surface area is 74.6 Å². The van der Waals surface area contributed by atoms with Crippen molar-refractivity contribution in [2.75, 3.05) is 0 Å². The van der Waals surface area contributed by atoms with Gasteiger partial charge in [-0.2, -0.15) is 0 Å². The highest BCUT2D eigenvalue weighted by Gasteiger charge is 2.11. The zero-order valence-corrected chi connectivity index (χ0v) is 7.12. The van der Waals surface area contributed by atoms with Gasteiger partial charge in [0.2, 0.25) is 0 Å². The fourth-order valence-electron chi connectivity index (χ4n) is 1.34. The Morgan fingerprint density at radius 3 is 2.92 bits per heavy atom. The van der Waals surface area contributed by atoms with Crippen molar-refractivity contribution in [3.63, 3.8) is 0 Å². The van der Waals surface area contributed by atoms with Crippen molar-refractivity contribution in [1.29, 1.82) is 0 Å². The number of alkyl halides is 1. The predicted molar refractivity (Wildman–Crippen MR) is 47.4 cm³/mol. The third-order valence-electron chi connectivity index (χ3n) is 2.02. The molecule has 68 valence electrons. The molecule has 0 fully saturated rings. The van der Waals surface area contributed by atoms with Crippen molar-refractivity contribution in [3.05, 3.63) is 30.0 Å². The largest absolute Gasteiger partial charge is 0.508 e. The minimum Gasteiger partial charge on any atom is -0.508 e. The van der Waals surface area contributed by atoms with Gasteiger partial charge in [-0.25, -0.2) is 4.39 Å². The van der Waals surface area contributed by atoms with E-state index in [1.165, 1.54) is 25.3 Å². The van der Waals surface area contributed by atoms with Gasteiger partial charge in [-0.05, 0) is 25.1 Å². The summed E-state index contributed by atoms with van der Waals surface area (Å²) in [6.45, 7) is 1.44. The van der Waals surface area contributed by atoms with Crippen molar-refractivity contribution in [2.45, 2.75) is 13.1 Å². The molecule has 2 nitrogen and oxygen atoms in total. The fourth-order valence-corrected chi connectivity index (χ4v) is 1.34. The van der Waals surface area contributed by atoms with Gasteiger partial charge >= 0.3 is 0 Å². The number of rotatable bonds is 1. The molecule has 0 bridgehead atoms. The average molecular weight is 180 g/mol. The molecule has 3 heteroatoms. The van der Waals surface area contributed by atoms with Crippen LogP contribution in [-0.2, 0) is 0 Å². The maximum Gasteiger partial charge on any atom is 0.134 e. The van der Waals surface area contributed by atoms with Crippen molar-refractivity contribution >= 4 is 11.0 Å². The first kappa shape index (κ1) is 8.10. The summed E-state index contributed by atoms with van der Waals surface area (Å²) in [7, 11) is 0. The van der Waals surface area contributed by atoms with E-state index in [9.17, 15) is 9.50 Å². The number of fused-ring (bicyclic) bond motifs is 1. The third kappa shape index (κ3) is 1.26. The molecule has 0 amide bonds. The number of phenolic OH excluding ortho intramolecular Hbond substituents is 1. The van der Waals surface area contributed by atoms with Crippen LogP contribution in [0.4, 0.5) is 4.39 Å². The van der Waals surface area contributed by atoms with Crippen LogP contribution in [0.1, 0.15) is 18.7 Å². The molecular formula is C10H9FO2. The summed E-state index contributed by atoms with van der Waals surface area (Å²) in [6.07, 6.45) is 0.303. The molecule has 0 saturated heterocycles. The lowest BCUT2D eigenvalue weighted by Crippen LogP contribution is -1.81. The average Bonchev–Trinajstić information content (AvgIpc) is 2.46. The fraction of sp³-hybridized carbons (Fsp3) is 0.200. The second-order valence-corrected chi connectivity index (χ2v) is 2.99. The van der Waals surface area contributed by atoms with Crippen LogP contribution in [0.5, 0.6) is 5.75 Å². The molecule has 0 aliphatic rings. The highest BCUT2D eigenvalue weighted by molar-refractivity contribution is 5.82. The van der Waals surface area contributed by atoms with E-state index in [2.05, 4.69) is 0 Å².